The van der Waals surface area contributed by atoms with E-state index in [2.05, 4.69) is 10.6 Å². The van der Waals surface area contributed by atoms with Crippen LogP contribution in [0.4, 0.5) is 0 Å². The molecule has 2 rings (SSSR count). The van der Waals surface area contributed by atoms with Gasteiger partial charge in [0.05, 0.1) is 13.0 Å². The van der Waals surface area contributed by atoms with Crippen LogP contribution in [0.25, 0.3) is 0 Å². The van der Waals surface area contributed by atoms with Crippen molar-refractivity contribution in [3.05, 3.63) is 29.8 Å². The van der Waals surface area contributed by atoms with Crippen molar-refractivity contribution in [1.29, 1.82) is 0 Å². The number of hydrogen-bond donors (Lipinski definition) is 2. The van der Waals surface area contributed by atoms with Crippen LogP contribution in [-0.4, -0.2) is 32.7 Å². The van der Waals surface area contributed by atoms with Crippen LogP contribution in [0.5, 0.6) is 5.75 Å². The van der Waals surface area contributed by atoms with E-state index in [1.54, 1.807) is 7.11 Å². The Morgan fingerprint density at radius 2 is 2.32 bits per heavy atom. The first-order valence-corrected chi connectivity index (χ1v) is 6.91. The minimum Gasteiger partial charge on any atom is -0.496 e. The predicted octanol–water partition coefficient (Wildman–Crippen LogP) is 1.35. The monoisotopic (exact) mass is 262 g/mol. The van der Waals surface area contributed by atoms with Crippen molar-refractivity contribution in [2.45, 2.75) is 19.3 Å². The summed E-state index contributed by atoms with van der Waals surface area (Å²) in [7, 11) is 1.67. The fourth-order valence-electron chi connectivity index (χ4n) is 2.45. The highest BCUT2D eigenvalue weighted by molar-refractivity contribution is 5.78. The van der Waals surface area contributed by atoms with Crippen LogP contribution < -0.4 is 15.4 Å². The lowest BCUT2D eigenvalue weighted by Crippen LogP contribution is -2.41. The lowest BCUT2D eigenvalue weighted by Gasteiger charge is -2.21. The fourth-order valence-corrected chi connectivity index (χ4v) is 2.45. The molecule has 4 heteroatoms. The summed E-state index contributed by atoms with van der Waals surface area (Å²) >= 11 is 0. The van der Waals surface area contributed by atoms with Crippen LogP contribution in [0.3, 0.4) is 0 Å². The topological polar surface area (TPSA) is 50.4 Å². The smallest absolute Gasteiger partial charge is 0.224 e. The summed E-state index contributed by atoms with van der Waals surface area (Å²) in [5, 5.41) is 6.28. The van der Waals surface area contributed by atoms with Crippen LogP contribution in [0.1, 0.15) is 18.4 Å². The van der Waals surface area contributed by atoms with E-state index in [1.807, 2.05) is 24.3 Å². The summed E-state index contributed by atoms with van der Waals surface area (Å²) in [6.45, 7) is 2.50. The predicted molar refractivity (Wildman–Crippen MR) is 75.3 cm³/mol. The number of amides is 1. The summed E-state index contributed by atoms with van der Waals surface area (Å²) in [4.78, 5) is 12.0. The number of hydrogen-bond acceptors (Lipinski definition) is 3. The van der Waals surface area contributed by atoms with Gasteiger partial charge in [-0.15, -0.1) is 0 Å². The highest BCUT2D eigenvalue weighted by Crippen LogP contribution is 2.17. The zero-order valence-corrected chi connectivity index (χ0v) is 11.4. The number of rotatable bonds is 5. The molecule has 1 amide bonds. The van der Waals surface area contributed by atoms with Gasteiger partial charge in [0.1, 0.15) is 5.75 Å². The molecule has 0 aliphatic carbocycles. The van der Waals surface area contributed by atoms with Gasteiger partial charge in [-0.25, -0.2) is 0 Å². The lowest BCUT2D eigenvalue weighted by molar-refractivity contribution is -0.125. The van der Waals surface area contributed by atoms with E-state index < -0.39 is 0 Å². The molecule has 1 aromatic rings. The van der Waals surface area contributed by atoms with Gasteiger partial charge in [-0.2, -0.15) is 0 Å². The Labute approximate surface area is 114 Å². The number of methoxy groups -OCH3 is 1. The van der Waals surface area contributed by atoms with Gasteiger partial charge < -0.3 is 15.4 Å². The molecule has 0 aromatic heterocycles. The highest BCUT2D eigenvalue weighted by atomic mass is 16.5. The van der Waals surface area contributed by atoms with Crippen LogP contribution in [0, 0.1) is 5.92 Å². The maximum absolute atomic E-state index is 12.0. The lowest BCUT2D eigenvalue weighted by atomic mass is 9.99. The van der Waals surface area contributed by atoms with Crippen LogP contribution >= 0.6 is 0 Å². The van der Waals surface area contributed by atoms with Gasteiger partial charge in [0.15, 0.2) is 0 Å². The Kier molecular flexibility index (Phi) is 5.21. The molecule has 1 heterocycles. The zero-order valence-electron chi connectivity index (χ0n) is 11.4. The largest absolute Gasteiger partial charge is 0.496 e. The maximum Gasteiger partial charge on any atom is 0.224 e. The van der Waals surface area contributed by atoms with Gasteiger partial charge >= 0.3 is 0 Å². The van der Waals surface area contributed by atoms with Crippen molar-refractivity contribution < 1.29 is 9.53 Å². The van der Waals surface area contributed by atoms with Crippen molar-refractivity contribution in [2.75, 3.05) is 26.7 Å². The van der Waals surface area contributed by atoms with E-state index in [0.717, 1.165) is 43.7 Å². The van der Waals surface area contributed by atoms with Crippen LogP contribution in [-0.2, 0) is 11.2 Å². The molecular weight excluding hydrogens is 240 g/mol. The molecule has 1 atom stereocenters. The fraction of sp³-hybridized carbons (Fsp3) is 0.533. The van der Waals surface area contributed by atoms with Crippen molar-refractivity contribution in [3.8, 4) is 5.75 Å². The number of carbonyl (C=O) groups is 1. The number of ether oxygens (including phenoxy) is 1. The first-order chi connectivity index (χ1) is 9.31. The molecule has 1 aliphatic heterocycles. The van der Waals surface area contributed by atoms with Gasteiger partial charge in [0.2, 0.25) is 5.91 Å². The molecule has 0 unspecified atom stereocenters. The van der Waals surface area contributed by atoms with Gasteiger partial charge in [-0.1, -0.05) is 18.2 Å². The molecule has 19 heavy (non-hydrogen) atoms. The maximum atomic E-state index is 12.0. The average Bonchev–Trinajstić information content (AvgIpc) is 2.48. The molecule has 0 bridgehead atoms. The summed E-state index contributed by atoms with van der Waals surface area (Å²) < 4.78 is 5.30. The molecule has 1 saturated heterocycles. The van der Waals surface area contributed by atoms with Crippen molar-refractivity contribution >= 4 is 5.91 Å². The molecule has 2 N–H and O–H groups in total. The number of piperidine rings is 1. The first-order valence-electron chi connectivity index (χ1n) is 6.91. The molecule has 104 valence electrons. The molecule has 0 spiro atoms. The SMILES string of the molecule is COc1ccccc1CCNC(=O)[C@H]1CCCNC1. The quantitative estimate of drug-likeness (QED) is 0.842. The van der Waals surface area contributed by atoms with Gasteiger partial charge in [0.25, 0.3) is 0 Å². The van der Waals surface area contributed by atoms with E-state index >= 15 is 0 Å². The number of para-hydroxylation sites is 1. The standard InChI is InChI=1S/C15H22N2O2/c1-19-14-7-3-2-5-12(14)8-10-17-15(18)13-6-4-9-16-11-13/h2-3,5,7,13,16H,4,6,8-11H2,1H3,(H,17,18)/t13-/m0/s1. The van der Waals surface area contributed by atoms with E-state index in [4.69, 9.17) is 4.74 Å². The summed E-state index contributed by atoms with van der Waals surface area (Å²) in [6, 6.07) is 7.93. The highest BCUT2D eigenvalue weighted by Gasteiger charge is 2.20. The normalized spacial score (nSPS) is 18.9. The molecular formula is C15H22N2O2. The van der Waals surface area contributed by atoms with Crippen molar-refractivity contribution in [2.24, 2.45) is 5.92 Å². The minimum absolute atomic E-state index is 0.131. The van der Waals surface area contributed by atoms with Crippen molar-refractivity contribution in [3.63, 3.8) is 0 Å². The number of carbonyl (C=O) groups excluding carboxylic acids is 1. The van der Waals surface area contributed by atoms with E-state index in [9.17, 15) is 4.79 Å². The van der Waals surface area contributed by atoms with Gasteiger partial charge in [0, 0.05) is 13.1 Å². The molecule has 4 nitrogen and oxygen atoms in total. The van der Waals surface area contributed by atoms with Crippen LogP contribution in [0.2, 0.25) is 0 Å². The molecule has 1 aromatic carbocycles. The third kappa shape index (κ3) is 3.96. The molecule has 1 aliphatic rings. The second kappa shape index (κ2) is 7.14. The van der Waals surface area contributed by atoms with E-state index in [0.29, 0.717) is 6.54 Å². The Morgan fingerprint density at radius 3 is 3.05 bits per heavy atom. The van der Waals surface area contributed by atoms with Gasteiger partial charge in [-0.3, -0.25) is 4.79 Å². The van der Waals surface area contributed by atoms with Crippen molar-refractivity contribution in [1.82, 2.24) is 10.6 Å². The second-order valence-electron chi connectivity index (χ2n) is 4.90. The Balaban J connectivity index is 1.78. The minimum atomic E-state index is 0.131. The average molecular weight is 262 g/mol. The molecule has 0 radical (unpaired) electrons. The molecule has 0 saturated carbocycles. The summed E-state index contributed by atoms with van der Waals surface area (Å²) in [5.41, 5.74) is 1.13. The number of nitrogens with one attached hydrogen (secondary N) is 2. The Hall–Kier alpha value is -1.55. The number of benzene rings is 1. The molecule has 1 fully saturated rings. The van der Waals surface area contributed by atoms with E-state index in [-0.39, 0.29) is 11.8 Å². The zero-order chi connectivity index (χ0) is 13.5. The van der Waals surface area contributed by atoms with Gasteiger partial charge in [-0.05, 0) is 37.4 Å². The Morgan fingerprint density at radius 1 is 1.47 bits per heavy atom. The third-order valence-corrected chi connectivity index (χ3v) is 3.55. The first kappa shape index (κ1) is 13.9. The second-order valence-corrected chi connectivity index (χ2v) is 4.90. The van der Waals surface area contributed by atoms with Crippen LogP contribution in [0.15, 0.2) is 24.3 Å². The summed E-state index contributed by atoms with van der Waals surface area (Å²) in [5.74, 6) is 1.18. The summed E-state index contributed by atoms with van der Waals surface area (Å²) in [6.07, 6.45) is 2.88. The Bertz CT molecular complexity index is 414. The third-order valence-electron chi connectivity index (χ3n) is 3.55. The van der Waals surface area contributed by atoms with E-state index in [1.165, 1.54) is 0 Å².